The molecule has 0 aliphatic carbocycles. The van der Waals surface area contributed by atoms with Gasteiger partial charge in [-0.15, -0.1) is 0 Å². The number of hydrogen-bond donors (Lipinski definition) is 2. The number of fused-ring (bicyclic) bond motifs is 5. The first-order valence-electron chi connectivity index (χ1n) is 13.5. The Morgan fingerprint density at radius 1 is 1.26 bits per heavy atom. The van der Waals surface area contributed by atoms with Gasteiger partial charge < -0.3 is 24.8 Å². The van der Waals surface area contributed by atoms with Gasteiger partial charge in [0.15, 0.2) is 16.7 Å². The number of pyridine rings is 1. The number of aliphatic imine (C=N–C) groups is 1. The van der Waals surface area contributed by atoms with Gasteiger partial charge in [0.05, 0.1) is 24.4 Å². The SMILES string of the molecule is [B][C@]1(C)Oc2cc(cnc2NCOP(OCC)OCC)-c2c(c(Cl)nn2CC)C/C(C=NC)=C(/N)c2ccc(F)cc21. The maximum Gasteiger partial charge on any atom is 0.334 e. The molecule has 1 aliphatic heterocycles. The number of aromatic nitrogens is 3. The summed E-state index contributed by atoms with van der Waals surface area (Å²) in [6, 6.07) is 6.00. The molecule has 0 amide bonds. The molecule has 0 saturated heterocycles. The summed E-state index contributed by atoms with van der Waals surface area (Å²) in [6.45, 7) is 8.75. The summed E-state index contributed by atoms with van der Waals surface area (Å²) in [6.07, 6.45) is 3.64. The van der Waals surface area contributed by atoms with Crippen molar-refractivity contribution in [2.75, 3.05) is 32.3 Å². The molecule has 1 aromatic carbocycles. The minimum absolute atomic E-state index is 0.0142. The average molecular weight is 615 g/mol. The third kappa shape index (κ3) is 6.95. The van der Waals surface area contributed by atoms with Crippen LogP contribution in [0.3, 0.4) is 0 Å². The molecule has 14 heteroatoms. The second-order valence-corrected chi connectivity index (χ2v) is 11.0. The number of benzene rings is 1. The van der Waals surface area contributed by atoms with Crippen LogP contribution >= 0.6 is 20.2 Å². The Kier molecular flexibility index (Phi) is 10.6. The van der Waals surface area contributed by atoms with Gasteiger partial charge in [0.1, 0.15) is 20.4 Å². The molecular formula is C28H34BClFN6O4P. The fourth-order valence-electron chi connectivity index (χ4n) is 4.61. The molecule has 42 heavy (non-hydrogen) atoms. The van der Waals surface area contributed by atoms with Crippen LogP contribution in [-0.2, 0) is 32.0 Å². The van der Waals surface area contributed by atoms with E-state index in [9.17, 15) is 4.39 Å². The van der Waals surface area contributed by atoms with Crippen molar-refractivity contribution in [2.24, 2.45) is 10.7 Å². The number of nitrogens with one attached hydrogen (secondary N) is 1. The standard InChI is InChI=1S/C28H34BClFN6O4P/c1-6-37-25-18-12-23(27(34-15-18)35-16-40-42(38-7-2)39-8-3)41-28(4,29)22-13-19(31)9-10-20(22)24(32)17(14-33-5)11-21(25)26(30)36-37/h9-10,12-15H,6-8,11,16,32H2,1-5H3,(H,34,35)/b24-17-,33-14?/t28-/m1/s1. The van der Waals surface area contributed by atoms with Gasteiger partial charge in [-0.1, -0.05) is 11.6 Å². The molecule has 0 fully saturated rings. The van der Waals surface area contributed by atoms with Crippen LogP contribution < -0.4 is 15.8 Å². The van der Waals surface area contributed by atoms with E-state index in [4.69, 9.17) is 43.5 Å². The molecule has 222 valence electrons. The van der Waals surface area contributed by atoms with Gasteiger partial charge in [-0.25, -0.2) is 9.37 Å². The highest BCUT2D eigenvalue weighted by Gasteiger charge is 2.31. The van der Waals surface area contributed by atoms with E-state index >= 15 is 0 Å². The zero-order valence-corrected chi connectivity index (χ0v) is 25.9. The lowest BCUT2D eigenvalue weighted by Crippen LogP contribution is -2.32. The van der Waals surface area contributed by atoms with Crippen molar-refractivity contribution in [3.8, 4) is 17.0 Å². The monoisotopic (exact) mass is 614 g/mol. The van der Waals surface area contributed by atoms with Crippen molar-refractivity contribution in [3.63, 3.8) is 0 Å². The third-order valence-electron chi connectivity index (χ3n) is 6.43. The molecule has 3 heterocycles. The Morgan fingerprint density at radius 2 is 2.00 bits per heavy atom. The van der Waals surface area contributed by atoms with Gasteiger partial charge >= 0.3 is 8.60 Å². The van der Waals surface area contributed by atoms with E-state index in [1.54, 1.807) is 43.2 Å². The van der Waals surface area contributed by atoms with Crippen LogP contribution in [0.15, 0.2) is 41.0 Å². The second-order valence-electron chi connectivity index (χ2n) is 9.42. The molecule has 1 atom stereocenters. The summed E-state index contributed by atoms with van der Waals surface area (Å²) < 4.78 is 39.6. The van der Waals surface area contributed by atoms with E-state index in [0.29, 0.717) is 65.1 Å². The Balaban J connectivity index is 1.90. The van der Waals surface area contributed by atoms with Gasteiger partial charge in [-0.05, 0) is 63.1 Å². The topological polar surface area (TPSA) is 118 Å². The Labute approximate surface area is 252 Å². The third-order valence-corrected chi connectivity index (χ3v) is 8.01. The molecule has 2 radical (unpaired) electrons. The van der Waals surface area contributed by atoms with Gasteiger partial charge in [0, 0.05) is 54.8 Å². The van der Waals surface area contributed by atoms with E-state index in [1.165, 1.54) is 12.1 Å². The van der Waals surface area contributed by atoms with Crippen molar-refractivity contribution in [2.45, 2.75) is 46.2 Å². The minimum Gasteiger partial charge on any atom is -0.489 e. The van der Waals surface area contributed by atoms with Crippen molar-refractivity contribution < 1.29 is 22.7 Å². The van der Waals surface area contributed by atoms with Crippen LogP contribution in [-0.4, -0.2) is 55.8 Å². The first kappa shape index (κ1) is 31.9. The van der Waals surface area contributed by atoms with Crippen LogP contribution in [0.2, 0.25) is 5.15 Å². The van der Waals surface area contributed by atoms with E-state index < -0.39 is 19.9 Å². The molecular weight excluding hydrogens is 581 g/mol. The normalized spacial score (nSPS) is 18.8. The van der Waals surface area contributed by atoms with Crippen LogP contribution in [0.25, 0.3) is 17.0 Å². The summed E-state index contributed by atoms with van der Waals surface area (Å²) in [5.74, 6) is 0.136. The zero-order chi connectivity index (χ0) is 30.4. The Morgan fingerprint density at radius 3 is 2.67 bits per heavy atom. The predicted octanol–water partition coefficient (Wildman–Crippen LogP) is 5.79. The summed E-state index contributed by atoms with van der Waals surface area (Å²) in [4.78, 5) is 8.86. The van der Waals surface area contributed by atoms with E-state index in [1.807, 2.05) is 20.8 Å². The minimum atomic E-state index is -1.55. The number of aryl methyl sites for hydroxylation is 1. The quantitative estimate of drug-likeness (QED) is 0.128. The highest BCUT2D eigenvalue weighted by Crippen LogP contribution is 2.41. The summed E-state index contributed by atoms with van der Waals surface area (Å²) in [7, 11) is 6.88. The van der Waals surface area contributed by atoms with Crippen LogP contribution in [0.5, 0.6) is 5.75 Å². The van der Waals surface area contributed by atoms with Crippen LogP contribution in [0.4, 0.5) is 10.2 Å². The number of allylic oxidation sites excluding steroid dienone is 1. The molecule has 3 aromatic rings. The molecule has 0 spiro atoms. The molecule has 2 aromatic heterocycles. The molecule has 0 unspecified atom stereocenters. The number of ether oxygens (including phenoxy) is 1. The maximum atomic E-state index is 14.6. The average Bonchev–Trinajstić information content (AvgIpc) is 3.27. The number of nitrogens with zero attached hydrogens (tertiary/aromatic N) is 4. The predicted molar refractivity (Wildman–Crippen MR) is 165 cm³/mol. The highest BCUT2D eigenvalue weighted by atomic mass is 35.5. The number of anilines is 1. The summed E-state index contributed by atoms with van der Waals surface area (Å²) >= 11 is 6.69. The van der Waals surface area contributed by atoms with Gasteiger partial charge in [-0.3, -0.25) is 14.2 Å². The lowest BCUT2D eigenvalue weighted by molar-refractivity contribution is 0.173. The zero-order valence-electron chi connectivity index (χ0n) is 24.3. The fourth-order valence-corrected chi connectivity index (χ4v) is 5.68. The summed E-state index contributed by atoms with van der Waals surface area (Å²) in [5, 5.41) is 7.99. The van der Waals surface area contributed by atoms with Crippen molar-refractivity contribution in [1.29, 1.82) is 0 Å². The lowest BCUT2D eigenvalue weighted by Gasteiger charge is -2.32. The van der Waals surface area contributed by atoms with Crippen molar-refractivity contribution in [1.82, 2.24) is 14.8 Å². The Hall–Kier alpha value is -3.02. The largest absolute Gasteiger partial charge is 0.489 e. The van der Waals surface area contributed by atoms with Crippen LogP contribution in [0.1, 0.15) is 44.4 Å². The van der Waals surface area contributed by atoms with E-state index in [2.05, 4.69) is 20.4 Å². The van der Waals surface area contributed by atoms with Crippen molar-refractivity contribution >= 4 is 45.8 Å². The fraction of sp³-hybridized carbons (Fsp3) is 0.393. The lowest BCUT2D eigenvalue weighted by atomic mass is 9.74. The van der Waals surface area contributed by atoms with Gasteiger partial charge in [0.2, 0.25) is 0 Å². The Bertz CT molecular complexity index is 1480. The maximum absolute atomic E-state index is 14.6. The number of rotatable bonds is 10. The van der Waals surface area contributed by atoms with Gasteiger partial charge in [-0.2, -0.15) is 5.10 Å². The second kappa shape index (κ2) is 14.0. The highest BCUT2D eigenvalue weighted by molar-refractivity contribution is 7.41. The molecule has 4 rings (SSSR count). The first-order valence-corrected chi connectivity index (χ1v) is 15.0. The molecule has 1 aliphatic rings. The number of halogens is 2. The summed E-state index contributed by atoms with van der Waals surface area (Å²) in [5.41, 5.74) is 9.20. The molecule has 0 saturated carbocycles. The first-order chi connectivity index (χ1) is 20.1. The molecule has 2 bridgehead atoms. The number of hydrogen-bond acceptors (Lipinski definition) is 9. The number of nitrogens with two attached hydrogens (primary N) is 1. The van der Waals surface area contributed by atoms with Crippen molar-refractivity contribution in [3.05, 3.63) is 63.7 Å². The van der Waals surface area contributed by atoms with Crippen LogP contribution in [0, 0.1) is 5.82 Å². The van der Waals surface area contributed by atoms with Gasteiger partial charge in [0.25, 0.3) is 0 Å². The molecule has 3 N–H and O–H groups in total. The molecule has 10 nitrogen and oxygen atoms in total. The smallest absolute Gasteiger partial charge is 0.334 e. The van der Waals surface area contributed by atoms with E-state index in [-0.39, 0.29) is 12.5 Å². The van der Waals surface area contributed by atoms with E-state index in [0.717, 1.165) is 11.3 Å².